The van der Waals surface area contributed by atoms with E-state index in [1.807, 2.05) is 0 Å². The summed E-state index contributed by atoms with van der Waals surface area (Å²) in [4.78, 5) is 48.9. The third-order valence-electron chi connectivity index (χ3n) is 5.28. The summed E-state index contributed by atoms with van der Waals surface area (Å²) < 4.78 is 36.4. The SMILES string of the molecule is COc1cc(/C=C2\C(=O)NC(=O)N(c3ccc([N+](=O)[O-])cc3)C2=O)cc(I)c1OS(=O)(=O)c1ccc(Cl)cc1. The van der Waals surface area contributed by atoms with Crippen LogP contribution >= 0.6 is 34.2 Å². The monoisotopic (exact) mass is 683 g/mol. The highest BCUT2D eigenvalue weighted by molar-refractivity contribution is 14.1. The van der Waals surface area contributed by atoms with E-state index >= 15 is 0 Å². The molecule has 0 bridgehead atoms. The van der Waals surface area contributed by atoms with Crippen molar-refractivity contribution in [3.63, 3.8) is 0 Å². The van der Waals surface area contributed by atoms with Gasteiger partial charge in [0.2, 0.25) is 0 Å². The van der Waals surface area contributed by atoms with Crippen LogP contribution in [0.25, 0.3) is 6.08 Å². The van der Waals surface area contributed by atoms with E-state index in [1.165, 1.54) is 61.7 Å². The molecule has 4 rings (SSSR count). The number of non-ortho nitro benzene ring substituents is 1. The number of benzene rings is 3. The standard InChI is InChI=1S/C24H15ClIN3O9S/c1-37-20-12-13(11-19(26)21(20)38-39(35,36)17-8-2-14(25)3-9-17)10-18-22(30)27-24(32)28(23(18)31)15-4-6-16(7-5-15)29(33)34/h2-12H,1H3,(H,27,30,32)/b18-10+. The van der Waals surface area contributed by atoms with Gasteiger partial charge in [0.25, 0.3) is 17.5 Å². The van der Waals surface area contributed by atoms with Crippen molar-refractivity contribution in [2.24, 2.45) is 0 Å². The van der Waals surface area contributed by atoms with Crippen LogP contribution < -0.4 is 19.1 Å². The fourth-order valence-corrected chi connectivity index (χ4v) is 5.41. The summed E-state index contributed by atoms with van der Waals surface area (Å²) in [6.45, 7) is 0. The normalized spacial score (nSPS) is 14.8. The van der Waals surface area contributed by atoms with Crippen molar-refractivity contribution < 1.29 is 36.6 Å². The average Bonchev–Trinajstić information content (AvgIpc) is 2.88. The number of barbiturate groups is 1. The molecule has 39 heavy (non-hydrogen) atoms. The number of methoxy groups -OCH3 is 1. The molecule has 1 aliphatic rings. The van der Waals surface area contributed by atoms with Gasteiger partial charge in [-0.3, -0.25) is 25.0 Å². The number of carbonyl (C=O) groups is 3. The lowest BCUT2D eigenvalue weighted by molar-refractivity contribution is -0.384. The number of amides is 4. The van der Waals surface area contributed by atoms with Crippen LogP contribution in [0, 0.1) is 13.7 Å². The van der Waals surface area contributed by atoms with Gasteiger partial charge in [-0.05, 0) is 82.8 Å². The lowest BCUT2D eigenvalue weighted by atomic mass is 10.1. The minimum Gasteiger partial charge on any atom is -0.493 e. The molecule has 1 saturated heterocycles. The Balaban J connectivity index is 1.68. The molecule has 3 aromatic carbocycles. The zero-order valence-corrected chi connectivity index (χ0v) is 23.3. The molecule has 1 heterocycles. The number of halogens is 2. The van der Waals surface area contributed by atoms with Gasteiger partial charge in [-0.1, -0.05) is 11.6 Å². The second-order valence-corrected chi connectivity index (χ2v) is 10.9. The molecule has 15 heteroatoms. The van der Waals surface area contributed by atoms with Crippen LogP contribution in [0.3, 0.4) is 0 Å². The molecule has 0 saturated carbocycles. The number of urea groups is 1. The van der Waals surface area contributed by atoms with E-state index in [0.717, 1.165) is 12.1 Å². The second kappa shape index (κ2) is 11.0. The molecule has 0 radical (unpaired) electrons. The highest BCUT2D eigenvalue weighted by Gasteiger charge is 2.37. The number of hydrogen-bond acceptors (Lipinski definition) is 9. The smallest absolute Gasteiger partial charge is 0.339 e. The third kappa shape index (κ3) is 5.86. The van der Waals surface area contributed by atoms with E-state index in [9.17, 15) is 32.9 Å². The van der Waals surface area contributed by atoms with Crippen LogP contribution in [0.2, 0.25) is 5.02 Å². The molecule has 0 aromatic heterocycles. The summed E-state index contributed by atoms with van der Waals surface area (Å²) in [7, 11) is -2.98. The summed E-state index contributed by atoms with van der Waals surface area (Å²) in [5.41, 5.74) is -0.417. The number of imide groups is 2. The fraction of sp³-hybridized carbons (Fsp3) is 0.0417. The number of carbonyl (C=O) groups excluding carboxylic acids is 3. The number of nitrogens with zero attached hydrogens (tertiary/aromatic N) is 2. The molecule has 0 atom stereocenters. The zero-order chi connectivity index (χ0) is 28.5. The van der Waals surface area contributed by atoms with Crippen molar-refractivity contribution >= 4 is 79.6 Å². The number of rotatable bonds is 7. The Kier molecular flexibility index (Phi) is 7.89. The highest BCUT2D eigenvalue weighted by atomic mass is 127. The Morgan fingerprint density at radius 2 is 1.69 bits per heavy atom. The number of anilines is 1. The van der Waals surface area contributed by atoms with Crippen molar-refractivity contribution in [1.82, 2.24) is 5.32 Å². The van der Waals surface area contributed by atoms with Crippen molar-refractivity contribution in [1.29, 1.82) is 0 Å². The Labute approximate surface area is 239 Å². The van der Waals surface area contributed by atoms with Gasteiger partial charge < -0.3 is 8.92 Å². The third-order valence-corrected chi connectivity index (χ3v) is 7.57. The predicted molar refractivity (Wildman–Crippen MR) is 147 cm³/mol. The maximum atomic E-state index is 13.1. The number of hydrogen-bond donors (Lipinski definition) is 1. The van der Waals surface area contributed by atoms with Crippen LogP contribution in [-0.4, -0.2) is 38.3 Å². The van der Waals surface area contributed by atoms with Gasteiger partial charge in [-0.25, -0.2) is 9.69 Å². The molecule has 0 spiro atoms. The van der Waals surface area contributed by atoms with E-state index in [0.29, 0.717) is 9.92 Å². The maximum Gasteiger partial charge on any atom is 0.339 e. The van der Waals surface area contributed by atoms with Gasteiger partial charge in [0.15, 0.2) is 11.5 Å². The lowest BCUT2D eigenvalue weighted by Gasteiger charge is -2.26. The fourth-order valence-electron chi connectivity index (χ4n) is 3.45. The first-order valence-corrected chi connectivity index (χ1v) is 13.5. The minimum atomic E-state index is -4.26. The van der Waals surface area contributed by atoms with Crippen molar-refractivity contribution in [3.8, 4) is 11.5 Å². The average molecular weight is 684 g/mol. The molecule has 1 fully saturated rings. The number of ether oxygens (including phenoxy) is 1. The van der Waals surface area contributed by atoms with E-state index in [2.05, 4.69) is 5.32 Å². The Hall–Kier alpha value is -4.02. The molecular formula is C24H15ClIN3O9S. The first kappa shape index (κ1) is 28.0. The van der Waals surface area contributed by atoms with Crippen LogP contribution in [0.1, 0.15) is 5.56 Å². The van der Waals surface area contributed by atoms with E-state index in [4.69, 9.17) is 20.5 Å². The van der Waals surface area contributed by atoms with E-state index in [1.54, 1.807) is 22.6 Å². The van der Waals surface area contributed by atoms with Crippen molar-refractivity contribution in [2.45, 2.75) is 4.90 Å². The largest absolute Gasteiger partial charge is 0.493 e. The molecule has 1 N–H and O–H groups in total. The Bertz CT molecular complexity index is 1660. The summed E-state index contributed by atoms with van der Waals surface area (Å²) in [5.74, 6) is -2.09. The molecule has 1 aliphatic heterocycles. The van der Waals surface area contributed by atoms with Crippen LogP contribution in [-0.2, 0) is 19.7 Å². The predicted octanol–water partition coefficient (Wildman–Crippen LogP) is 4.30. The van der Waals surface area contributed by atoms with Gasteiger partial charge in [0, 0.05) is 17.2 Å². The van der Waals surface area contributed by atoms with Gasteiger partial charge in [0.05, 0.1) is 21.3 Å². The number of nitro groups is 1. The topological polar surface area (TPSA) is 162 Å². The van der Waals surface area contributed by atoms with E-state index < -0.39 is 38.5 Å². The number of nitrogens with one attached hydrogen (secondary N) is 1. The number of nitro benzene ring substituents is 1. The summed E-state index contributed by atoms with van der Waals surface area (Å²) in [6, 6.07) is 11.7. The second-order valence-electron chi connectivity index (χ2n) is 7.76. The Morgan fingerprint density at radius 1 is 1.05 bits per heavy atom. The van der Waals surface area contributed by atoms with Gasteiger partial charge in [0.1, 0.15) is 10.5 Å². The lowest BCUT2D eigenvalue weighted by Crippen LogP contribution is -2.54. The van der Waals surface area contributed by atoms with Crippen molar-refractivity contribution in [3.05, 3.63) is 90.5 Å². The Morgan fingerprint density at radius 3 is 2.28 bits per heavy atom. The van der Waals surface area contributed by atoms with Gasteiger partial charge >= 0.3 is 16.1 Å². The van der Waals surface area contributed by atoms with Gasteiger partial charge in [-0.15, -0.1) is 0 Å². The van der Waals surface area contributed by atoms with Gasteiger partial charge in [-0.2, -0.15) is 8.42 Å². The molecule has 0 aliphatic carbocycles. The first-order valence-electron chi connectivity index (χ1n) is 10.6. The highest BCUT2D eigenvalue weighted by Crippen LogP contribution is 2.37. The summed E-state index contributed by atoms with van der Waals surface area (Å²) in [5, 5.41) is 13.3. The summed E-state index contributed by atoms with van der Waals surface area (Å²) >= 11 is 7.63. The van der Waals surface area contributed by atoms with Crippen LogP contribution in [0.15, 0.2) is 71.1 Å². The molecule has 0 unspecified atom stereocenters. The molecule has 4 amide bonds. The summed E-state index contributed by atoms with van der Waals surface area (Å²) in [6.07, 6.45) is 1.19. The zero-order valence-electron chi connectivity index (χ0n) is 19.6. The minimum absolute atomic E-state index is 0.00446. The molecular weight excluding hydrogens is 669 g/mol. The molecule has 200 valence electrons. The van der Waals surface area contributed by atoms with E-state index in [-0.39, 0.29) is 36.9 Å². The molecule has 3 aromatic rings. The van der Waals surface area contributed by atoms with Crippen molar-refractivity contribution in [2.75, 3.05) is 12.0 Å². The molecule has 12 nitrogen and oxygen atoms in total. The first-order chi connectivity index (χ1) is 18.4. The maximum absolute atomic E-state index is 13.1. The van der Waals surface area contributed by atoms with Crippen LogP contribution in [0.5, 0.6) is 11.5 Å². The van der Waals surface area contributed by atoms with Crippen LogP contribution in [0.4, 0.5) is 16.2 Å². The quantitative estimate of drug-likeness (QED) is 0.0956.